The molecule has 17 heavy (non-hydrogen) atoms. The number of halogens is 1. The predicted molar refractivity (Wildman–Crippen MR) is 67.6 cm³/mol. The number of carbonyl (C=O) groups excluding carboxylic acids is 1. The number of benzene rings is 1. The summed E-state index contributed by atoms with van der Waals surface area (Å²) in [5.41, 5.74) is 1.58. The van der Waals surface area contributed by atoms with Crippen LogP contribution in [0.15, 0.2) is 45.8 Å². The van der Waals surface area contributed by atoms with Crippen LogP contribution in [0.25, 0.3) is 0 Å². The molecule has 2 rings (SSSR count). The van der Waals surface area contributed by atoms with Gasteiger partial charge in [-0.2, -0.15) is 0 Å². The van der Waals surface area contributed by atoms with Crippen molar-refractivity contribution in [2.75, 3.05) is 5.32 Å². The molecule has 0 spiro atoms. The second kappa shape index (κ2) is 5.63. The largest absolute Gasteiger partial charge is 0.451 e. The third kappa shape index (κ3) is 3.71. The summed E-state index contributed by atoms with van der Waals surface area (Å²) in [6.07, 6.45) is 3.89. The summed E-state index contributed by atoms with van der Waals surface area (Å²) in [5.74, 6) is -0.0321. The van der Waals surface area contributed by atoms with Crippen LogP contribution >= 0.6 is 15.9 Å². The third-order valence-corrected chi connectivity index (χ3v) is 2.75. The molecule has 2 aromatic rings. The molecule has 4 nitrogen and oxygen atoms in total. The predicted octanol–water partition coefficient (Wildman–Crippen LogP) is 3.01. The maximum atomic E-state index is 11.6. The Morgan fingerprint density at radius 1 is 1.35 bits per heavy atom. The fourth-order valence-corrected chi connectivity index (χ4v) is 1.62. The van der Waals surface area contributed by atoms with Gasteiger partial charge in [-0.1, -0.05) is 15.9 Å². The Hall–Kier alpha value is -1.62. The minimum Gasteiger partial charge on any atom is -0.451 e. The minimum absolute atomic E-state index is 0.0321. The van der Waals surface area contributed by atoms with Crippen LogP contribution in [0.3, 0.4) is 0 Å². The van der Waals surface area contributed by atoms with Gasteiger partial charge in [0.2, 0.25) is 5.91 Å². The summed E-state index contributed by atoms with van der Waals surface area (Å²) < 4.78 is 5.81. The van der Waals surface area contributed by atoms with Crippen molar-refractivity contribution in [2.24, 2.45) is 0 Å². The van der Waals surface area contributed by atoms with Crippen LogP contribution in [-0.2, 0) is 11.2 Å². The van der Waals surface area contributed by atoms with E-state index in [2.05, 4.69) is 26.2 Å². The van der Waals surface area contributed by atoms with Crippen molar-refractivity contribution in [1.29, 1.82) is 0 Å². The van der Waals surface area contributed by atoms with Crippen molar-refractivity contribution in [3.8, 4) is 0 Å². The van der Waals surface area contributed by atoms with E-state index in [1.807, 2.05) is 24.3 Å². The molecular formula is C12H11BrN2O2. The summed E-state index contributed by atoms with van der Waals surface area (Å²) in [5, 5.41) is 2.81. The van der Waals surface area contributed by atoms with E-state index in [1.54, 1.807) is 6.26 Å². The maximum absolute atomic E-state index is 11.6. The number of anilines is 1. The first-order valence-corrected chi connectivity index (χ1v) is 5.96. The second-order valence-corrected chi connectivity index (χ2v) is 4.45. The number of oxazole rings is 1. The molecule has 1 aromatic heterocycles. The zero-order valence-corrected chi connectivity index (χ0v) is 10.6. The molecule has 1 heterocycles. The number of aryl methyl sites for hydroxylation is 1. The monoisotopic (exact) mass is 294 g/mol. The highest BCUT2D eigenvalue weighted by atomic mass is 79.9. The third-order valence-electron chi connectivity index (χ3n) is 2.22. The molecule has 1 amide bonds. The van der Waals surface area contributed by atoms with Crippen LogP contribution in [0.2, 0.25) is 0 Å². The van der Waals surface area contributed by atoms with E-state index >= 15 is 0 Å². The highest BCUT2D eigenvalue weighted by Gasteiger charge is 2.04. The first-order valence-electron chi connectivity index (χ1n) is 5.16. The molecule has 0 bridgehead atoms. The molecule has 0 radical (unpaired) electrons. The molecule has 5 heteroatoms. The molecule has 1 aromatic carbocycles. The van der Waals surface area contributed by atoms with Crippen molar-refractivity contribution in [2.45, 2.75) is 12.8 Å². The Labute approximate surface area is 107 Å². The number of amides is 1. The van der Waals surface area contributed by atoms with Crippen LogP contribution < -0.4 is 5.32 Å². The lowest BCUT2D eigenvalue weighted by Crippen LogP contribution is -2.12. The van der Waals surface area contributed by atoms with Gasteiger partial charge in [-0.25, -0.2) is 4.98 Å². The van der Waals surface area contributed by atoms with Crippen molar-refractivity contribution < 1.29 is 9.21 Å². The van der Waals surface area contributed by atoms with E-state index in [-0.39, 0.29) is 5.91 Å². The van der Waals surface area contributed by atoms with Crippen LogP contribution in [0.4, 0.5) is 5.69 Å². The van der Waals surface area contributed by atoms with Gasteiger partial charge in [-0.3, -0.25) is 4.79 Å². The Morgan fingerprint density at radius 2 is 2.12 bits per heavy atom. The van der Waals surface area contributed by atoms with Crippen molar-refractivity contribution in [3.05, 3.63) is 47.1 Å². The van der Waals surface area contributed by atoms with E-state index in [1.165, 1.54) is 6.39 Å². The fraction of sp³-hybridized carbons (Fsp3) is 0.167. The second-order valence-electron chi connectivity index (χ2n) is 3.53. The summed E-state index contributed by atoms with van der Waals surface area (Å²) in [4.78, 5) is 15.6. The van der Waals surface area contributed by atoms with Gasteiger partial charge in [0.15, 0.2) is 6.39 Å². The average Bonchev–Trinajstić information content (AvgIpc) is 2.83. The molecule has 0 aliphatic rings. The highest BCUT2D eigenvalue weighted by Crippen LogP contribution is 2.14. The Bertz CT molecular complexity index is 480. The van der Waals surface area contributed by atoms with Gasteiger partial charge in [0.25, 0.3) is 0 Å². The van der Waals surface area contributed by atoms with Gasteiger partial charge in [0.05, 0.1) is 5.69 Å². The van der Waals surface area contributed by atoms with Gasteiger partial charge in [0, 0.05) is 23.0 Å². The summed E-state index contributed by atoms with van der Waals surface area (Å²) in [6, 6.07) is 7.46. The summed E-state index contributed by atoms with van der Waals surface area (Å²) in [7, 11) is 0. The van der Waals surface area contributed by atoms with E-state index < -0.39 is 0 Å². The normalized spacial score (nSPS) is 10.2. The molecular weight excluding hydrogens is 284 g/mol. The standard InChI is InChI=1S/C12H11BrN2O2/c13-9-1-3-10(4-2-9)15-12(16)6-5-11-7-17-8-14-11/h1-4,7-8H,5-6H2,(H,15,16). The summed E-state index contributed by atoms with van der Waals surface area (Å²) >= 11 is 3.34. The molecule has 0 aliphatic heterocycles. The lowest BCUT2D eigenvalue weighted by atomic mass is 10.2. The Kier molecular flexibility index (Phi) is 3.93. The molecule has 0 aliphatic carbocycles. The zero-order valence-electron chi connectivity index (χ0n) is 9.02. The first-order chi connectivity index (χ1) is 8.24. The van der Waals surface area contributed by atoms with Crippen LogP contribution in [0.1, 0.15) is 12.1 Å². The molecule has 0 saturated carbocycles. The van der Waals surface area contributed by atoms with Gasteiger partial charge < -0.3 is 9.73 Å². The Morgan fingerprint density at radius 3 is 2.76 bits per heavy atom. The number of hydrogen-bond donors (Lipinski definition) is 1. The van der Waals surface area contributed by atoms with E-state index in [4.69, 9.17) is 4.42 Å². The minimum atomic E-state index is -0.0321. The van der Waals surface area contributed by atoms with Gasteiger partial charge in [-0.05, 0) is 24.3 Å². The topological polar surface area (TPSA) is 55.1 Å². The SMILES string of the molecule is O=C(CCc1cocn1)Nc1ccc(Br)cc1. The van der Waals surface area contributed by atoms with E-state index in [0.29, 0.717) is 12.8 Å². The highest BCUT2D eigenvalue weighted by molar-refractivity contribution is 9.10. The summed E-state index contributed by atoms with van der Waals surface area (Å²) in [6.45, 7) is 0. The Balaban J connectivity index is 1.83. The molecule has 1 N–H and O–H groups in total. The molecule has 0 atom stereocenters. The number of carbonyl (C=O) groups is 1. The maximum Gasteiger partial charge on any atom is 0.224 e. The van der Waals surface area contributed by atoms with Crippen LogP contribution in [0, 0.1) is 0 Å². The zero-order chi connectivity index (χ0) is 12.1. The van der Waals surface area contributed by atoms with Gasteiger partial charge in [0.1, 0.15) is 6.26 Å². The van der Waals surface area contributed by atoms with Crippen molar-refractivity contribution in [3.63, 3.8) is 0 Å². The number of aromatic nitrogens is 1. The van der Waals surface area contributed by atoms with E-state index in [0.717, 1.165) is 15.9 Å². The lowest BCUT2D eigenvalue weighted by molar-refractivity contribution is -0.116. The molecule has 0 unspecified atom stereocenters. The van der Waals surface area contributed by atoms with Gasteiger partial charge in [-0.15, -0.1) is 0 Å². The number of nitrogens with zero attached hydrogens (tertiary/aromatic N) is 1. The smallest absolute Gasteiger partial charge is 0.224 e. The molecule has 0 saturated heterocycles. The lowest BCUT2D eigenvalue weighted by Gasteiger charge is -2.04. The number of nitrogens with one attached hydrogen (secondary N) is 1. The first kappa shape index (κ1) is 11.9. The average molecular weight is 295 g/mol. The molecule has 0 fully saturated rings. The van der Waals surface area contributed by atoms with E-state index in [9.17, 15) is 4.79 Å². The fourth-order valence-electron chi connectivity index (χ4n) is 1.36. The van der Waals surface area contributed by atoms with Crippen molar-refractivity contribution >= 4 is 27.5 Å². The van der Waals surface area contributed by atoms with Gasteiger partial charge >= 0.3 is 0 Å². The quantitative estimate of drug-likeness (QED) is 0.943. The number of hydrogen-bond acceptors (Lipinski definition) is 3. The number of rotatable bonds is 4. The van der Waals surface area contributed by atoms with Crippen LogP contribution in [-0.4, -0.2) is 10.9 Å². The van der Waals surface area contributed by atoms with Crippen LogP contribution in [0.5, 0.6) is 0 Å². The molecule has 88 valence electrons. The van der Waals surface area contributed by atoms with Crippen molar-refractivity contribution in [1.82, 2.24) is 4.98 Å².